The summed E-state index contributed by atoms with van der Waals surface area (Å²) < 4.78 is 30.7. The summed E-state index contributed by atoms with van der Waals surface area (Å²) in [6.07, 6.45) is 0. The lowest BCUT2D eigenvalue weighted by Gasteiger charge is -2.06. The van der Waals surface area contributed by atoms with Crippen LogP contribution in [0.25, 0.3) is 0 Å². The van der Waals surface area contributed by atoms with Crippen LogP contribution in [0.4, 0.5) is 14.5 Å². The monoisotopic (exact) mass is 263 g/mol. The van der Waals surface area contributed by atoms with Crippen LogP contribution in [-0.2, 0) is 0 Å². The van der Waals surface area contributed by atoms with Crippen LogP contribution in [0, 0.1) is 11.6 Å². The first-order valence-electron chi connectivity index (χ1n) is 5.50. The van der Waals surface area contributed by atoms with Gasteiger partial charge >= 0.3 is 0 Å². The largest absolute Gasteiger partial charge is 0.497 e. The minimum atomic E-state index is -1.05. The zero-order chi connectivity index (χ0) is 13.8. The van der Waals surface area contributed by atoms with Gasteiger partial charge in [0.05, 0.1) is 7.11 Å². The maximum atomic E-state index is 13.0. The van der Waals surface area contributed by atoms with Crippen molar-refractivity contribution in [3.63, 3.8) is 0 Å². The van der Waals surface area contributed by atoms with Gasteiger partial charge in [-0.3, -0.25) is 4.79 Å². The molecule has 19 heavy (non-hydrogen) atoms. The van der Waals surface area contributed by atoms with Gasteiger partial charge < -0.3 is 10.1 Å². The molecule has 2 aromatic rings. The zero-order valence-corrected chi connectivity index (χ0v) is 10.1. The van der Waals surface area contributed by atoms with Crippen LogP contribution in [0.3, 0.4) is 0 Å². The predicted octanol–water partition coefficient (Wildman–Crippen LogP) is 3.23. The Balaban J connectivity index is 2.13. The third-order valence-electron chi connectivity index (χ3n) is 2.53. The summed E-state index contributed by atoms with van der Waals surface area (Å²) in [5.74, 6) is -1.89. The summed E-state index contributed by atoms with van der Waals surface area (Å²) in [5, 5.41) is 2.57. The Morgan fingerprint density at radius 3 is 2.32 bits per heavy atom. The molecule has 0 spiro atoms. The van der Waals surface area contributed by atoms with Gasteiger partial charge in [0.25, 0.3) is 5.91 Å². The maximum Gasteiger partial charge on any atom is 0.255 e. The Bertz CT molecular complexity index is 597. The minimum Gasteiger partial charge on any atom is -0.497 e. The summed E-state index contributed by atoms with van der Waals surface area (Å²) in [6.45, 7) is 0. The molecule has 2 rings (SSSR count). The summed E-state index contributed by atoms with van der Waals surface area (Å²) in [7, 11) is 1.54. The average Bonchev–Trinajstić information content (AvgIpc) is 2.42. The molecule has 98 valence electrons. The maximum absolute atomic E-state index is 13.0. The SMILES string of the molecule is COc1ccc(NC(=O)c2ccc(F)c(F)c2)cc1. The van der Waals surface area contributed by atoms with Gasteiger partial charge in [0.1, 0.15) is 5.75 Å². The Hall–Kier alpha value is -2.43. The quantitative estimate of drug-likeness (QED) is 0.923. The van der Waals surface area contributed by atoms with Crippen LogP contribution >= 0.6 is 0 Å². The molecule has 3 nitrogen and oxygen atoms in total. The normalized spacial score (nSPS) is 10.1. The number of hydrogen-bond donors (Lipinski definition) is 1. The van der Waals surface area contributed by atoms with Gasteiger partial charge in [0.15, 0.2) is 11.6 Å². The molecule has 0 atom stereocenters. The summed E-state index contributed by atoms with van der Waals surface area (Å²) in [4.78, 5) is 11.8. The van der Waals surface area contributed by atoms with E-state index in [4.69, 9.17) is 4.74 Å². The van der Waals surface area contributed by atoms with Crippen LogP contribution < -0.4 is 10.1 Å². The minimum absolute atomic E-state index is 0.0507. The first-order valence-corrected chi connectivity index (χ1v) is 5.50. The number of anilines is 1. The highest BCUT2D eigenvalue weighted by molar-refractivity contribution is 6.04. The number of hydrogen-bond acceptors (Lipinski definition) is 2. The molecular weight excluding hydrogens is 252 g/mol. The summed E-state index contributed by atoms with van der Waals surface area (Å²) >= 11 is 0. The molecular formula is C14H11F2NO2. The first-order chi connectivity index (χ1) is 9.10. The molecule has 1 amide bonds. The Morgan fingerprint density at radius 1 is 1.05 bits per heavy atom. The molecule has 0 aliphatic carbocycles. The second-order valence-corrected chi connectivity index (χ2v) is 3.81. The molecule has 0 aromatic heterocycles. The highest BCUT2D eigenvalue weighted by Crippen LogP contribution is 2.16. The number of halogens is 2. The van der Waals surface area contributed by atoms with Crippen molar-refractivity contribution in [2.45, 2.75) is 0 Å². The van der Waals surface area contributed by atoms with Gasteiger partial charge in [0.2, 0.25) is 0 Å². The van der Waals surface area contributed by atoms with E-state index in [9.17, 15) is 13.6 Å². The highest BCUT2D eigenvalue weighted by atomic mass is 19.2. The van der Waals surface area contributed by atoms with Crippen molar-refractivity contribution in [3.05, 3.63) is 59.7 Å². The smallest absolute Gasteiger partial charge is 0.255 e. The first kappa shape index (κ1) is 13.0. The number of ether oxygens (including phenoxy) is 1. The molecule has 1 N–H and O–H groups in total. The van der Waals surface area contributed by atoms with E-state index in [2.05, 4.69) is 5.32 Å². The van der Waals surface area contributed by atoms with Crippen LogP contribution in [0.2, 0.25) is 0 Å². The molecule has 0 unspecified atom stereocenters. The Kier molecular flexibility index (Phi) is 3.75. The number of rotatable bonds is 3. The molecule has 0 bridgehead atoms. The van der Waals surface area contributed by atoms with Gasteiger partial charge in [-0.2, -0.15) is 0 Å². The van der Waals surface area contributed by atoms with Gasteiger partial charge in [0, 0.05) is 11.3 Å². The van der Waals surface area contributed by atoms with Gasteiger partial charge in [-0.05, 0) is 42.5 Å². The molecule has 2 aromatic carbocycles. The topological polar surface area (TPSA) is 38.3 Å². The van der Waals surface area contributed by atoms with Crippen LogP contribution in [-0.4, -0.2) is 13.0 Å². The van der Waals surface area contributed by atoms with E-state index in [0.717, 1.165) is 12.1 Å². The zero-order valence-electron chi connectivity index (χ0n) is 10.1. The third-order valence-corrected chi connectivity index (χ3v) is 2.53. The van der Waals surface area contributed by atoms with Crippen molar-refractivity contribution >= 4 is 11.6 Å². The number of methoxy groups -OCH3 is 1. The number of benzene rings is 2. The van der Waals surface area contributed by atoms with Gasteiger partial charge in [-0.1, -0.05) is 0 Å². The fraction of sp³-hybridized carbons (Fsp3) is 0.0714. The van der Waals surface area contributed by atoms with Gasteiger partial charge in [-0.25, -0.2) is 8.78 Å². The van der Waals surface area contributed by atoms with Crippen LogP contribution in [0.1, 0.15) is 10.4 Å². The molecule has 5 heteroatoms. The van der Waals surface area contributed by atoms with E-state index < -0.39 is 17.5 Å². The van der Waals surface area contributed by atoms with Crippen LogP contribution in [0.15, 0.2) is 42.5 Å². The number of carbonyl (C=O) groups is 1. The lowest BCUT2D eigenvalue weighted by Crippen LogP contribution is -2.12. The van der Waals surface area contributed by atoms with Crippen molar-refractivity contribution in [3.8, 4) is 5.75 Å². The lowest BCUT2D eigenvalue weighted by molar-refractivity contribution is 0.102. The number of carbonyl (C=O) groups excluding carboxylic acids is 1. The fourth-order valence-electron chi connectivity index (χ4n) is 1.51. The van der Waals surface area contributed by atoms with Crippen molar-refractivity contribution in [2.75, 3.05) is 12.4 Å². The molecule has 0 heterocycles. The third kappa shape index (κ3) is 3.07. The molecule has 0 saturated carbocycles. The molecule has 0 radical (unpaired) electrons. The van der Waals surface area contributed by atoms with Gasteiger partial charge in [-0.15, -0.1) is 0 Å². The molecule has 0 aliphatic rings. The van der Waals surface area contributed by atoms with Crippen molar-refractivity contribution < 1.29 is 18.3 Å². The second-order valence-electron chi connectivity index (χ2n) is 3.81. The van der Waals surface area contributed by atoms with E-state index in [1.165, 1.54) is 13.2 Å². The van der Waals surface area contributed by atoms with E-state index in [-0.39, 0.29) is 5.56 Å². The Labute approximate surface area is 108 Å². The van der Waals surface area contributed by atoms with E-state index in [1.54, 1.807) is 24.3 Å². The summed E-state index contributed by atoms with van der Waals surface area (Å²) in [5.41, 5.74) is 0.588. The molecule has 0 fully saturated rings. The lowest BCUT2D eigenvalue weighted by atomic mass is 10.2. The Morgan fingerprint density at radius 2 is 1.74 bits per heavy atom. The van der Waals surface area contributed by atoms with E-state index in [0.29, 0.717) is 11.4 Å². The predicted molar refractivity (Wildman–Crippen MR) is 67.3 cm³/mol. The van der Waals surface area contributed by atoms with E-state index >= 15 is 0 Å². The fourth-order valence-corrected chi connectivity index (χ4v) is 1.51. The molecule has 0 aliphatic heterocycles. The van der Waals surface area contributed by atoms with Crippen molar-refractivity contribution in [2.24, 2.45) is 0 Å². The van der Waals surface area contributed by atoms with Crippen molar-refractivity contribution in [1.82, 2.24) is 0 Å². The van der Waals surface area contributed by atoms with Crippen molar-refractivity contribution in [1.29, 1.82) is 0 Å². The summed E-state index contributed by atoms with van der Waals surface area (Å²) in [6, 6.07) is 9.65. The van der Waals surface area contributed by atoms with E-state index in [1.807, 2.05) is 0 Å². The average molecular weight is 263 g/mol. The highest BCUT2D eigenvalue weighted by Gasteiger charge is 2.09. The number of amides is 1. The number of nitrogens with one attached hydrogen (secondary N) is 1. The standard InChI is InChI=1S/C14H11F2NO2/c1-19-11-5-3-10(4-6-11)17-14(18)9-2-7-12(15)13(16)8-9/h2-8H,1H3,(H,17,18). The van der Waals surface area contributed by atoms with Crippen LogP contribution in [0.5, 0.6) is 5.75 Å². The second kappa shape index (κ2) is 5.48. The molecule has 0 saturated heterocycles.